The Bertz CT molecular complexity index is 1190. The maximum absolute atomic E-state index is 12.5. The Morgan fingerprint density at radius 3 is 2.45 bits per heavy atom. The van der Waals surface area contributed by atoms with E-state index in [1.165, 1.54) is 10.3 Å². The van der Waals surface area contributed by atoms with Gasteiger partial charge in [0.1, 0.15) is 11.5 Å². The molecule has 31 heavy (non-hydrogen) atoms. The largest absolute Gasteiger partial charge is 0.497 e. The van der Waals surface area contributed by atoms with Crippen LogP contribution in [-0.4, -0.2) is 37.4 Å². The minimum atomic E-state index is -0.132. The number of rotatable bonds is 8. The number of fused-ring (bicyclic) bond motifs is 1. The first-order chi connectivity index (χ1) is 15.2. The Hall–Kier alpha value is -3.38. The lowest BCUT2D eigenvalue weighted by Crippen LogP contribution is -2.26. The molecule has 0 saturated heterocycles. The standard InChI is InChI=1S/C25H24N2O3S/c1-29-18-13-11-17(12-14-18)23-24(19-7-3-5-9-21(19)27-23)31-16-15-26-25(28)20-8-4-6-10-22(20)30-2/h3-14,27H,15-16H2,1-2H3,(H,26,28). The van der Waals surface area contributed by atoms with Gasteiger partial charge >= 0.3 is 0 Å². The second-order valence-electron chi connectivity index (χ2n) is 6.91. The fourth-order valence-electron chi connectivity index (χ4n) is 3.47. The smallest absolute Gasteiger partial charge is 0.255 e. The summed E-state index contributed by atoms with van der Waals surface area (Å²) >= 11 is 1.73. The van der Waals surface area contributed by atoms with E-state index >= 15 is 0 Å². The van der Waals surface area contributed by atoms with Crippen molar-refractivity contribution in [3.8, 4) is 22.8 Å². The Labute approximate surface area is 185 Å². The summed E-state index contributed by atoms with van der Waals surface area (Å²) in [5, 5.41) is 4.17. The van der Waals surface area contributed by atoms with Gasteiger partial charge in [-0.05, 0) is 48.0 Å². The summed E-state index contributed by atoms with van der Waals surface area (Å²) in [5.74, 6) is 2.01. The summed E-state index contributed by atoms with van der Waals surface area (Å²) < 4.78 is 10.6. The molecule has 4 aromatic rings. The zero-order valence-corrected chi connectivity index (χ0v) is 18.3. The van der Waals surface area contributed by atoms with Crippen molar-refractivity contribution in [2.75, 3.05) is 26.5 Å². The highest BCUT2D eigenvalue weighted by Gasteiger charge is 2.15. The first-order valence-electron chi connectivity index (χ1n) is 10.0. The van der Waals surface area contributed by atoms with E-state index in [0.29, 0.717) is 17.9 Å². The van der Waals surface area contributed by atoms with Crippen LogP contribution < -0.4 is 14.8 Å². The molecule has 4 rings (SSSR count). The van der Waals surface area contributed by atoms with Gasteiger partial charge in [0.15, 0.2) is 0 Å². The lowest BCUT2D eigenvalue weighted by atomic mass is 10.1. The molecule has 0 radical (unpaired) electrons. The van der Waals surface area contributed by atoms with Crippen molar-refractivity contribution in [1.82, 2.24) is 10.3 Å². The number of carbonyl (C=O) groups excluding carboxylic acids is 1. The van der Waals surface area contributed by atoms with E-state index in [9.17, 15) is 4.79 Å². The third-order valence-electron chi connectivity index (χ3n) is 5.02. The van der Waals surface area contributed by atoms with E-state index in [-0.39, 0.29) is 5.91 Å². The number of ether oxygens (including phenoxy) is 2. The number of carbonyl (C=O) groups is 1. The number of hydrogen-bond acceptors (Lipinski definition) is 4. The van der Waals surface area contributed by atoms with Crippen LogP contribution in [0.2, 0.25) is 0 Å². The monoisotopic (exact) mass is 432 g/mol. The Kier molecular flexibility index (Phi) is 6.48. The summed E-state index contributed by atoms with van der Waals surface area (Å²) in [7, 11) is 3.23. The zero-order chi connectivity index (χ0) is 21.6. The van der Waals surface area contributed by atoms with Crippen LogP contribution in [0.3, 0.4) is 0 Å². The second kappa shape index (κ2) is 9.62. The third-order valence-corrected chi connectivity index (χ3v) is 6.14. The Balaban J connectivity index is 1.49. The third kappa shape index (κ3) is 4.54. The van der Waals surface area contributed by atoms with Crippen molar-refractivity contribution in [3.05, 3.63) is 78.4 Å². The van der Waals surface area contributed by atoms with Gasteiger partial charge in [-0.15, -0.1) is 11.8 Å². The van der Waals surface area contributed by atoms with Crippen molar-refractivity contribution in [2.24, 2.45) is 0 Å². The molecule has 0 saturated carbocycles. The molecule has 1 heterocycles. The van der Waals surface area contributed by atoms with Crippen molar-refractivity contribution < 1.29 is 14.3 Å². The molecule has 0 spiro atoms. The van der Waals surface area contributed by atoms with Crippen molar-refractivity contribution in [2.45, 2.75) is 4.90 Å². The van der Waals surface area contributed by atoms with E-state index in [0.717, 1.165) is 28.3 Å². The van der Waals surface area contributed by atoms with Crippen LogP contribution in [0.1, 0.15) is 10.4 Å². The van der Waals surface area contributed by atoms with Gasteiger partial charge in [-0.3, -0.25) is 4.79 Å². The molecular formula is C25H24N2O3S. The maximum atomic E-state index is 12.5. The number of aromatic amines is 1. The predicted octanol–water partition coefficient (Wildman–Crippen LogP) is 5.37. The number of hydrogen-bond donors (Lipinski definition) is 2. The number of aromatic nitrogens is 1. The highest BCUT2D eigenvalue weighted by Crippen LogP contribution is 2.38. The van der Waals surface area contributed by atoms with E-state index in [1.807, 2.05) is 36.4 Å². The molecule has 6 heteroatoms. The summed E-state index contributed by atoms with van der Waals surface area (Å²) in [6, 6.07) is 23.5. The Morgan fingerprint density at radius 1 is 0.935 bits per heavy atom. The fourth-order valence-corrected chi connectivity index (χ4v) is 4.53. The molecule has 1 amide bonds. The molecule has 0 aliphatic carbocycles. The summed E-state index contributed by atoms with van der Waals surface area (Å²) in [6.45, 7) is 0.545. The van der Waals surface area contributed by atoms with Crippen molar-refractivity contribution >= 4 is 28.6 Å². The van der Waals surface area contributed by atoms with E-state index < -0.39 is 0 Å². The van der Waals surface area contributed by atoms with Crippen LogP contribution in [0.15, 0.2) is 77.7 Å². The van der Waals surface area contributed by atoms with Gasteiger partial charge in [0, 0.05) is 28.1 Å². The number of nitrogens with one attached hydrogen (secondary N) is 2. The molecular weight excluding hydrogens is 408 g/mol. The highest BCUT2D eigenvalue weighted by molar-refractivity contribution is 7.99. The topological polar surface area (TPSA) is 63.3 Å². The number of methoxy groups -OCH3 is 2. The minimum absolute atomic E-state index is 0.132. The molecule has 0 aliphatic rings. The van der Waals surface area contributed by atoms with Crippen molar-refractivity contribution in [1.29, 1.82) is 0 Å². The maximum Gasteiger partial charge on any atom is 0.255 e. The lowest BCUT2D eigenvalue weighted by molar-refractivity contribution is 0.0953. The summed E-state index contributed by atoms with van der Waals surface area (Å²) in [5.41, 5.74) is 3.80. The predicted molar refractivity (Wildman–Crippen MR) is 126 cm³/mol. The Morgan fingerprint density at radius 2 is 1.68 bits per heavy atom. The molecule has 0 fully saturated rings. The van der Waals surface area contributed by atoms with Crippen LogP contribution >= 0.6 is 11.8 Å². The summed E-state index contributed by atoms with van der Waals surface area (Å²) in [4.78, 5) is 17.2. The SMILES string of the molecule is COc1ccc(-c2[nH]c3ccccc3c2SCCNC(=O)c2ccccc2OC)cc1. The van der Waals surface area contributed by atoms with Crippen molar-refractivity contribution in [3.63, 3.8) is 0 Å². The van der Waals surface area contributed by atoms with Crippen LogP contribution in [0.4, 0.5) is 0 Å². The first kappa shape index (κ1) is 20.9. The average molecular weight is 433 g/mol. The van der Waals surface area contributed by atoms with Crippen LogP contribution in [0.5, 0.6) is 11.5 Å². The second-order valence-corrected chi connectivity index (χ2v) is 8.01. The van der Waals surface area contributed by atoms with Gasteiger partial charge < -0.3 is 19.8 Å². The normalized spacial score (nSPS) is 10.8. The van der Waals surface area contributed by atoms with E-state index in [1.54, 1.807) is 38.1 Å². The van der Waals surface area contributed by atoms with Crippen LogP contribution in [0, 0.1) is 0 Å². The molecule has 5 nitrogen and oxygen atoms in total. The minimum Gasteiger partial charge on any atom is -0.497 e. The van der Waals surface area contributed by atoms with Gasteiger partial charge in [0.25, 0.3) is 5.91 Å². The average Bonchev–Trinajstić information content (AvgIpc) is 3.20. The van der Waals surface area contributed by atoms with Gasteiger partial charge in [0.05, 0.1) is 25.5 Å². The molecule has 2 N–H and O–H groups in total. The highest BCUT2D eigenvalue weighted by atomic mass is 32.2. The first-order valence-corrected chi connectivity index (χ1v) is 11.0. The molecule has 0 bridgehead atoms. The number of para-hydroxylation sites is 2. The van der Waals surface area contributed by atoms with Gasteiger partial charge in [-0.25, -0.2) is 0 Å². The molecule has 0 unspecified atom stereocenters. The number of benzene rings is 3. The molecule has 158 valence electrons. The number of H-pyrrole nitrogens is 1. The molecule has 0 aliphatic heterocycles. The molecule has 0 atom stereocenters. The summed E-state index contributed by atoms with van der Waals surface area (Å²) in [6.07, 6.45) is 0. The lowest BCUT2D eigenvalue weighted by Gasteiger charge is -2.10. The fraction of sp³-hybridized carbons (Fsp3) is 0.160. The van der Waals surface area contributed by atoms with E-state index in [4.69, 9.17) is 9.47 Å². The molecule has 3 aromatic carbocycles. The van der Waals surface area contributed by atoms with Gasteiger partial charge in [0.2, 0.25) is 0 Å². The number of thioether (sulfide) groups is 1. The van der Waals surface area contributed by atoms with Crippen LogP contribution in [0.25, 0.3) is 22.2 Å². The zero-order valence-electron chi connectivity index (χ0n) is 17.5. The molecule has 1 aromatic heterocycles. The number of amides is 1. The van der Waals surface area contributed by atoms with E-state index in [2.05, 4.69) is 34.6 Å². The van der Waals surface area contributed by atoms with Crippen LogP contribution in [-0.2, 0) is 0 Å². The van der Waals surface area contributed by atoms with Gasteiger partial charge in [-0.1, -0.05) is 30.3 Å². The quantitative estimate of drug-likeness (QED) is 0.290. The van der Waals surface area contributed by atoms with Gasteiger partial charge in [-0.2, -0.15) is 0 Å².